The van der Waals surface area contributed by atoms with Crippen LogP contribution in [0.15, 0.2) is 152 Å². The maximum absolute atomic E-state index is 13.4. The molecule has 4 aromatic heterocycles. The van der Waals surface area contributed by atoms with Crippen LogP contribution in [0.3, 0.4) is 0 Å². The standard InChI is InChI=1S/C25H26N2O.C24H25N3O.C23H26N2O2/c28-25(27-16-6-10-19-8-3-4-13-24(19)27)23-12-5-11-22(26-23)21-15-14-18-7-1-2-9-20(18)17-21;28-24(27-16-6-8-17-7-1-2-14-23(17)27)22-13-4-12-21(26-22)19-9-3-11-20-18(19)10-5-15-25-20;26-23(25-13-4-6-16-5-1-2-9-21(16)25)20-8-3-7-19(24-20)17-10-11-22-18(15-17)12-14-27-22/h1-2,5,7,9,11-12,14-15,17,19,24H,3-4,6,8,10,13,16H2;3-5,9-13,15,17,23H,1-2,6-8,14,16H2;3,7-8,10-11,15-16,21H,1-2,4-6,9,12-14H2. The minimum Gasteiger partial charge on any atom is -0.493 e. The first kappa shape index (κ1) is 54.5. The number of rotatable bonds is 6. The van der Waals surface area contributed by atoms with Gasteiger partial charge in [-0.2, -0.15) is 0 Å². The Morgan fingerprint density at radius 2 is 0.904 bits per heavy atom. The number of piperidine rings is 3. The van der Waals surface area contributed by atoms with Gasteiger partial charge >= 0.3 is 0 Å². The fourth-order valence-corrected chi connectivity index (χ4v) is 15.2. The summed E-state index contributed by atoms with van der Waals surface area (Å²) >= 11 is 0. The molecule has 7 aliphatic rings. The maximum atomic E-state index is 13.4. The van der Waals surface area contributed by atoms with Gasteiger partial charge in [-0.1, -0.05) is 111 Å². The van der Waals surface area contributed by atoms with Crippen molar-refractivity contribution in [1.82, 2.24) is 34.6 Å². The molecule has 424 valence electrons. The van der Waals surface area contributed by atoms with Crippen molar-refractivity contribution in [3.8, 4) is 39.5 Å². The molecule has 15 rings (SSSR count). The Morgan fingerprint density at radius 3 is 1.48 bits per heavy atom. The highest BCUT2D eigenvalue weighted by atomic mass is 16.5. The van der Waals surface area contributed by atoms with Crippen molar-refractivity contribution in [2.24, 2.45) is 17.8 Å². The number of ether oxygens (including phenoxy) is 1. The number of hydrogen-bond acceptors (Lipinski definition) is 8. The zero-order valence-corrected chi connectivity index (χ0v) is 47.9. The van der Waals surface area contributed by atoms with Crippen LogP contribution < -0.4 is 4.74 Å². The van der Waals surface area contributed by atoms with Crippen molar-refractivity contribution in [3.05, 3.63) is 174 Å². The number of amides is 3. The van der Waals surface area contributed by atoms with Crippen molar-refractivity contribution in [3.63, 3.8) is 0 Å². The van der Waals surface area contributed by atoms with E-state index in [1.807, 2.05) is 84.9 Å². The molecule has 3 amide bonds. The maximum Gasteiger partial charge on any atom is 0.272 e. The molecule has 0 bridgehead atoms. The van der Waals surface area contributed by atoms with Crippen LogP contribution in [-0.4, -0.2) is 96.7 Å². The number of nitrogens with zero attached hydrogens (tertiary/aromatic N) is 7. The molecule has 11 nitrogen and oxygen atoms in total. The van der Waals surface area contributed by atoms with E-state index in [-0.39, 0.29) is 17.7 Å². The van der Waals surface area contributed by atoms with Gasteiger partial charge < -0.3 is 19.4 Å². The molecule has 8 aromatic rings. The van der Waals surface area contributed by atoms with Crippen LogP contribution in [0, 0.1) is 17.8 Å². The molecule has 3 saturated carbocycles. The van der Waals surface area contributed by atoms with Gasteiger partial charge in [0.25, 0.3) is 17.7 Å². The smallest absolute Gasteiger partial charge is 0.272 e. The van der Waals surface area contributed by atoms with Crippen LogP contribution in [0.5, 0.6) is 5.75 Å². The van der Waals surface area contributed by atoms with Gasteiger partial charge in [0.15, 0.2) is 0 Å². The summed E-state index contributed by atoms with van der Waals surface area (Å²) in [5.74, 6) is 3.35. The van der Waals surface area contributed by atoms with Crippen molar-refractivity contribution in [2.75, 3.05) is 26.2 Å². The number of pyridine rings is 4. The Morgan fingerprint density at radius 1 is 0.422 bits per heavy atom. The van der Waals surface area contributed by atoms with E-state index in [0.29, 0.717) is 53.0 Å². The molecule has 11 heteroatoms. The molecule has 83 heavy (non-hydrogen) atoms. The molecule has 3 aliphatic carbocycles. The van der Waals surface area contributed by atoms with Crippen LogP contribution in [0.4, 0.5) is 0 Å². The molecule has 0 N–H and O–H groups in total. The van der Waals surface area contributed by atoms with Crippen molar-refractivity contribution >= 4 is 39.4 Å². The SMILES string of the molecule is O=C(c1cccc(-c2ccc3c(c2)CCO3)n1)N1CCCC2CCCCC21.O=C(c1cccc(-c2ccc3ccccc3c2)n1)N1CCCC2CCCCC21.O=C(c1cccc(-c2cccc3ncccc23)n1)N1CCCC2CCCCC21. The van der Waals surface area contributed by atoms with E-state index in [1.165, 1.54) is 93.4 Å². The highest BCUT2D eigenvalue weighted by molar-refractivity contribution is 5.97. The van der Waals surface area contributed by atoms with Crippen molar-refractivity contribution in [1.29, 1.82) is 0 Å². The van der Waals surface area contributed by atoms with E-state index in [2.05, 4.69) is 80.3 Å². The first-order valence-electron chi connectivity index (χ1n) is 31.3. The third-order valence-electron chi connectivity index (χ3n) is 19.4. The largest absolute Gasteiger partial charge is 0.493 e. The molecule has 0 spiro atoms. The molecule has 6 atom stereocenters. The Kier molecular flexibility index (Phi) is 16.4. The van der Waals surface area contributed by atoms with Crippen LogP contribution in [0.25, 0.3) is 55.4 Å². The molecule has 3 saturated heterocycles. The van der Waals surface area contributed by atoms with Gasteiger partial charge in [-0.25, -0.2) is 15.0 Å². The Hall–Kier alpha value is -7.79. The predicted molar refractivity (Wildman–Crippen MR) is 329 cm³/mol. The van der Waals surface area contributed by atoms with Gasteiger partial charge in [0, 0.05) is 72.5 Å². The highest BCUT2D eigenvalue weighted by Crippen LogP contribution is 2.40. The number of carbonyl (C=O) groups excluding carboxylic acids is 3. The molecular formula is C72H77N7O4. The summed E-state index contributed by atoms with van der Waals surface area (Å²) in [7, 11) is 0. The average Bonchev–Trinajstić information content (AvgIpc) is 4.11. The summed E-state index contributed by atoms with van der Waals surface area (Å²) in [6.45, 7) is 3.37. The Labute approximate surface area is 488 Å². The van der Waals surface area contributed by atoms with Crippen LogP contribution >= 0.6 is 0 Å². The van der Waals surface area contributed by atoms with Gasteiger partial charge in [0.1, 0.15) is 22.8 Å². The van der Waals surface area contributed by atoms with Crippen molar-refractivity contribution in [2.45, 2.75) is 140 Å². The third-order valence-corrected chi connectivity index (χ3v) is 19.4. The Bertz CT molecular complexity index is 3620. The molecular weight excluding hydrogens is 1030 g/mol. The van der Waals surface area contributed by atoms with E-state index in [4.69, 9.17) is 19.7 Å². The lowest BCUT2D eigenvalue weighted by molar-refractivity contribution is 0.0380. The van der Waals surface area contributed by atoms with Gasteiger partial charge in [-0.3, -0.25) is 19.4 Å². The zero-order chi connectivity index (χ0) is 56.1. The quantitative estimate of drug-likeness (QED) is 0.161. The summed E-state index contributed by atoms with van der Waals surface area (Å²) in [5.41, 5.74) is 9.60. The third kappa shape index (κ3) is 11.8. The van der Waals surface area contributed by atoms with Gasteiger partial charge in [0.05, 0.1) is 29.2 Å². The topological polar surface area (TPSA) is 122 Å². The minimum atomic E-state index is 0.0943. The molecule has 4 aliphatic heterocycles. The Balaban J connectivity index is 0.000000117. The lowest BCUT2D eigenvalue weighted by atomic mass is 9.78. The summed E-state index contributed by atoms with van der Waals surface area (Å²) < 4.78 is 5.60. The molecule has 4 aromatic carbocycles. The van der Waals surface area contributed by atoms with Gasteiger partial charge in [0.2, 0.25) is 0 Å². The fourth-order valence-electron chi connectivity index (χ4n) is 15.2. The number of likely N-dealkylation sites (tertiary alicyclic amines) is 3. The summed E-state index contributed by atoms with van der Waals surface area (Å²) in [6, 6.07) is 49.7. The van der Waals surface area contributed by atoms with Crippen molar-refractivity contribution < 1.29 is 19.1 Å². The molecule has 6 fully saturated rings. The minimum absolute atomic E-state index is 0.0943. The number of hydrogen-bond donors (Lipinski definition) is 0. The van der Waals surface area contributed by atoms with E-state index >= 15 is 0 Å². The normalized spacial score (nSPS) is 22.7. The van der Waals surface area contributed by atoms with Gasteiger partial charge in [-0.05, 0) is 184 Å². The molecule has 8 heterocycles. The van der Waals surface area contributed by atoms with Crippen LogP contribution in [-0.2, 0) is 6.42 Å². The predicted octanol–water partition coefficient (Wildman–Crippen LogP) is 15.3. The molecule has 6 unspecified atom stereocenters. The van der Waals surface area contributed by atoms with Crippen LogP contribution in [0.1, 0.15) is 153 Å². The van der Waals surface area contributed by atoms with E-state index in [1.54, 1.807) is 6.20 Å². The van der Waals surface area contributed by atoms with E-state index < -0.39 is 0 Å². The average molecular weight is 1100 g/mol. The number of aromatic nitrogens is 4. The van der Waals surface area contributed by atoms with E-state index in [9.17, 15) is 14.4 Å². The summed E-state index contributed by atoms with van der Waals surface area (Å²) in [6.07, 6.45) is 24.9. The summed E-state index contributed by atoms with van der Waals surface area (Å²) in [5, 5.41) is 3.47. The van der Waals surface area contributed by atoms with Crippen LogP contribution in [0.2, 0.25) is 0 Å². The zero-order valence-electron chi connectivity index (χ0n) is 47.9. The van der Waals surface area contributed by atoms with Gasteiger partial charge in [-0.15, -0.1) is 0 Å². The molecule has 0 radical (unpaired) electrons. The fraction of sp³-hybridized carbons (Fsp3) is 0.403. The highest BCUT2D eigenvalue weighted by Gasteiger charge is 2.39. The number of carbonyl (C=O) groups is 3. The first-order chi connectivity index (χ1) is 40.9. The number of benzene rings is 4. The second-order valence-corrected chi connectivity index (χ2v) is 24.3. The second-order valence-electron chi connectivity index (χ2n) is 24.3. The second kappa shape index (κ2) is 25.0. The monoisotopic (exact) mass is 1100 g/mol. The first-order valence-corrected chi connectivity index (χ1v) is 31.3. The number of fused-ring (bicyclic) bond motifs is 6. The lowest BCUT2D eigenvalue weighted by Gasteiger charge is -2.44. The lowest BCUT2D eigenvalue weighted by Crippen LogP contribution is -2.49. The summed E-state index contributed by atoms with van der Waals surface area (Å²) in [4.78, 5) is 65.0. The van der Waals surface area contributed by atoms with E-state index in [0.717, 1.165) is 122 Å².